The molecule has 1 heterocycles. The molecule has 0 aliphatic rings. The lowest BCUT2D eigenvalue weighted by Crippen LogP contribution is -2.65. The molecule has 0 saturated heterocycles. The minimum absolute atomic E-state index is 0.304. The topological polar surface area (TPSA) is 67.6 Å². The van der Waals surface area contributed by atoms with Gasteiger partial charge in [-0.1, -0.05) is 81.4 Å². The van der Waals surface area contributed by atoms with Gasteiger partial charge in [-0.15, -0.1) is 0 Å². The van der Waals surface area contributed by atoms with Crippen LogP contribution in [0.2, 0.25) is 5.04 Å². The van der Waals surface area contributed by atoms with Gasteiger partial charge in [-0.3, -0.25) is 4.57 Å². The lowest BCUT2D eigenvalue weighted by molar-refractivity contribution is -0.00612. The van der Waals surface area contributed by atoms with Gasteiger partial charge in [0.15, 0.2) is 0 Å². The molecule has 1 atom stereocenters. The van der Waals surface area contributed by atoms with Gasteiger partial charge in [0.05, 0.1) is 0 Å². The summed E-state index contributed by atoms with van der Waals surface area (Å²) < 4.78 is 7.77. The van der Waals surface area contributed by atoms with E-state index in [4.69, 9.17) is 4.74 Å². The Balaban J connectivity index is 1.75. The van der Waals surface area contributed by atoms with E-state index in [0.29, 0.717) is 18.8 Å². The summed E-state index contributed by atoms with van der Waals surface area (Å²) in [4.78, 5) is 31.0. The van der Waals surface area contributed by atoms with Crippen LogP contribution in [0.1, 0.15) is 51.8 Å². The molecule has 35 heavy (non-hydrogen) atoms. The van der Waals surface area contributed by atoms with Crippen LogP contribution < -0.4 is 21.0 Å². The Labute approximate surface area is 210 Å². The van der Waals surface area contributed by atoms with Crippen molar-refractivity contribution in [1.29, 1.82) is 0 Å². The van der Waals surface area contributed by atoms with Gasteiger partial charge in [-0.05, 0) is 41.6 Å². The lowest BCUT2D eigenvalue weighted by atomic mass is 10.1. The number of aryl methyl sites for hydroxylation is 1. The monoisotopic (exact) mass is 493 g/mol. The molecule has 0 bridgehead atoms. The van der Waals surface area contributed by atoms with Crippen LogP contribution in [0.5, 0.6) is 0 Å². The number of rotatable bonds is 11. The molecule has 0 amide bonds. The van der Waals surface area contributed by atoms with E-state index in [0.717, 1.165) is 28.8 Å². The molecule has 188 valence electrons. The fraction of sp³-hybridized carbons (Fsp3) is 0.429. The summed E-state index contributed by atoms with van der Waals surface area (Å²) in [5.74, 6) is 0.675. The fourth-order valence-electron chi connectivity index (χ4n) is 4.83. The normalized spacial score (nSPS) is 13.0. The highest BCUT2D eigenvalue weighted by molar-refractivity contribution is 6.98. The van der Waals surface area contributed by atoms with Gasteiger partial charge in [0, 0.05) is 32.5 Å². The number of hydrogen-bond acceptors (Lipinski definition) is 5. The SMILES string of the molecule is CC[C@H](OCCCC(C)(C)[Si](O)(c1ccccc1)c1ccccc1)n1cc(C)c(N(C)C)nc1=O. The summed E-state index contributed by atoms with van der Waals surface area (Å²) in [5.41, 5.74) is 0.626. The molecule has 0 radical (unpaired) electrons. The van der Waals surface area contributed by atoms with Crippen LogP contribution in [0, 0.1) is 6.92 Å². The Kier molecular flexibility index (Phi) is 8.69. The maximum Gasteiger partial charge on any atom is 0.351 e. The average Bonchev–Trinajstić information content (AvgIpc) is 2.85. The Morgan fingerprint density at radius 3 is 2.09 bits per heavy atom. The minimum Gasteiger partial charge on any atom is -0.424 e. The van der Waals surface area contributed by atoms with Crippen LogP contribution in [0.4, 0.5) is 5.82 Å². The van der Waals surface area contributed by atoms with Gasteiger partial charge in [0.25, 0.3) is 8.32 Å². The van der Waals surface area contributed by atoms with Crippen molar-refractivity contribution in [2.45, 2.75) is 58.2 Å². The molecule has 6 nitrogen and oxygen atoms in total. The van der Waals surface area contributed by atoms with Crippen LogP contribution >= 0.6 is 0 Å². The zero-order chi connectivity index (χ0) is 25.6. The van der Waals surface area contributed by atoms with Crippen molar-refractivity contribution >= 4 is 24.5 Å². The lowest BCUT2D eigenvalue weighted by Gasteiger charge is -2.41. The van der Waals surface area contributed by atoms with E-state index < -0.39 is 8.32 Å². The van der Waals surface area contributed by atoms with Gasteiger partial charge in [0.1, 0.15) is 12.0 Å². The molecule has 0 fully saturated rings. The first-order chi connectivity index (χ1) is 16.6. The molecule has 0 aliphatic heterocycles. The van der Waals surface area contributed by atoms with Crippen molar-refractivity contribution in [2.75, 3.05) is 25.6 Å². The predicted octanol–water partition coefficient (Wildman–Crippen LogP) is 3.86. The van der Waals surface area contributed by atoms with E-state index >= 15 is 0 Å². The summed E-state index contributed by atoms with van der Waals surface area (Å²) in [6.07, 6.45) is 3.70. The summed E-state index contributed by atoms with van der Waals surface area (Å²) in [7, 11) is 0.720. The van der Waals surface area contributed by atoms with Crippen molar-refractivity contribution in [1.82, 2.24) is 9.55 Å². The molecule has 0 unspecified atom stereocenters. The van der Waals surface area contributed by atoms with Crippen LogP contribution in [-0.4, -0.2) is 43.4 Å². The average molecular weight is 494 g/mol. The van der Waals surface area contributed by atoms with Gasteiger partial charge < -0.3 is 14.4 Å². The first kappa shape index (κ1) is 26.9. The molecule has 7 heteroatoms. The van der Waals surface area contributed by atoms with Crippen LogP contribution in [0.3, 0.4) is 0 Å². The molecule has 1 N–H and O–H groups in total. The number of aromatic nitrogens is 2. The van der Waals surface area contributed by atoms with Gasteiger partial charge in [-0.25, -0.2) is 4.79 Å². The van der Waals surface area contributed by atoms with E-state index in [2.05, 4.69) is 18.8 Å². The van der Waals surface area contributed by atoms with Crippen LogP contribution in [0.25, 0.3) is 0 Å². The fourth-order valence-corrected chi connectivity index (χ4v) is 8.62. The van der Waals surface area contributed by atoms with Crippen molar-refractivity contribution in [2.24, 2.45) is 0 Å². The Morgan fingerprint density at radius 1 is 1.06 bits per heavy atom. The molecule has 2 aromatic carbocycles. The van der Waals surface area contributed by atoms with Crippen molar-refractivity contribution in [3.8, 4) is 0 Å². The second-order valence-corrected chi connectivity index (χ2v) is 13.9. The zero-order valence-corrected chi connectivity index (χ0v) is 22.9. The smallest absolute Gasteiger partial charge is 0.351 e. The van der Waals surface area contributed by atoms with Crippen LogP contribution in [0.15, 0.2) is 71.7 Å². The Bertz CT molecular complexity index is 1110. The third-order valence-electron chi connectivity index (χ3n) is 6.81. The highest BCUT2D eigenvalue weighted by Gasteiger charge is 2.49. The molecular formula is C28H39N3O3Si. The maximum absolute atomic E-state index is 12.7. The highest BCUT2D eigenvalue weighted by Crippen LogP contribution is 2.39. The van der Waals surface area contributed by atoms with E-state index in [1.54, 1.807) is 4.57 Å². The zero-order valence-electron chi connectivity index (χ0n) is 21.9. The molecule has 3 rings (SSSR count). The van der Waals surface area contributed by atoms with E-state index in [-0.39, 0.29) is 17.0 Å². The van der Waals surface area contributed by atoms with Gasteiger partial charge in [-0.2, -0.15) is 4.98 Å². The number of ether oxygens (including phenoxy) is 1. The second kappa shape index (κ2) is 11.3. The predicted molar refractivity (Wildman–Crippen MR) is 146 cm³/mol. The van der Waals surface area contributed by atoms with Crippen molar-refractivity contribution < 1.29 is 9.53 Å². The third-order valence-corrected chi connectivity index (χ3v) is 11.4. The third kappa shape index (κ3) is 5.74. The van der Waals surface area contributed by atoms with Crippen molar-refractivity contribution in [3.63, 3.8) is 0 Å². The van der Waals surface area contributed by atoms with Gasteiger partial charge >= 0.3 is 5.69 Å². The van der Waals surface area contributed by atoms with E-state index in [1.165, 1.54) is 0 Å². The van der Waals surface area contributed by atoms with E-state index in [9.17, 15) is 9.59 Å². The standard InChI is InChI=1S/C28H39N3O3Si/c1-7-25(31-21-22(2)26(30(5)6)29-27(31)32)34-20-14-19-28(3,4)35(33,23-15-10-8-11-16-23)24-17-12-9-13-18-24/h8-13,15-18,21,25,33H,7,14,19-20H2,1-6H3/t25-/m0/s1. The van der Waals surface area contributed by atoms with E-state index in [1.807, 2.05) is 99.7 Å². The first-order valence-corrected chi connectivity index (χ1v) is 14.3. The Morgan fingerprint density at radius 2 is 1.60 bits per heavy atom. The number of nitrogens with zero attached hydrogens (tertiary/aromatic N) is 3. The second-order valence-electron chi connectivity index (χ2n) is 10.00. The largest absolute Gasteiger partial charge is 0.424 e. The van der Waals surface area contributed by atoms with Crippen molar-refractivity contribution in [3.05, 3.63) is 82.9 Å². The molecule has 0 aliphatic carbocycles. The molecule has 0 saturated carbocycles. The van der Waals surface area contributed by atoms with Crippen LogP contribution in [-0.2, 0) is 4.74 Å². The number of hydrogen-bond donors (Lipinski definition) is 1. The summed E-state index contributed by atoms with van der Waals surface area (Å²) in [6.45, 7) is 8.78. The maximum atomic E-state index is 12.7. The molecule has 3 aromatic rings. The number of benzene rings is 2. The summed E-state index contributed by atoms with van der Waals surface area (Å²) >= 11 is 0. The summed E-state index contributed by atoms with van der Waals surface area (Å²) in [5, 5.41) is 1.69. The number of anilines is 1. The quantitative estimate of drug-likeness (QED) is 0.325. The highest BCUT2D eigenvalue weighted by atomic mass is 28.4. The molecule has 0 spiro atoms. The molecule has 1 aromatic heterocycles. The minimum atomic E-state index is -3.04. The first-order valence-electron chi connectivity index (χ1n) is 12.3. The summed E-state index contributed by atoms with van der Waals surface area (Å²) in [6, 6.07) is 20.1. The Hall–Kier alpha value is -2.74. The van der Waals surface area contributed by atoms with Gasteiger partial charge in [0.2, 0.25) is 0 Å². The molecular weight excluding hydrogens is 454 g/mol.